The molecule has 72 valence electrons. The maximum atomic E-state index is 11.1. The molecule has 1 N–H and O–H groups in total. The summed E-state index contributed by atoms with van der Waals surface area (Å²) >= 11 is 0. The van der Waals surface area contributed by atoms with Crippen LogP contribution < -0.4 is 0 Å². The van der Waals surface area contributed by atoms with E-state index >= 15 is 0 Å². The van der Waals surface area contributed by atoms with Crippen LogP contribution in [0.2, 0.25) is 0 Å². The molecule has 0 spiro atoms. The minimum absolute atomic E-state index is 0.0110. The Balaban J connectivity index is 3.69. The number of carbonyl (C=O) groups is 1. The normalized spacial score (nSPS) is 13.2. The van der Waals surface area contributed by atoms with Crippen molar-refractivity contribution < 1.29 is 9.90 Å². The van der Waals surface area contributed by atoms with Gasteiger partial charge >= 0.3 is 0 Å². The van der Waals surface area contributed by atoms with Gasteiger partial charge in [-0.25, -0.2) is 0 Å². The highest BCUT2D eigenvalue weighted by Gasteiger charge is 2.13. The van der Waals surface area contributed by atoms with E-state index in [-0.39, 0.29) is 12.3 Å². The van der Waals surface area contributed by atoms with Crippen LogP contribution in [0.15, 0.2) is 0 Å². The van der Waals surface area contributed by atoms with Crippen molar-refractivity contribution >= 4 is 5.91 Å². The molecule has 0 aromatic rings. The lowest BCUT2D eigenvalue weighted by atomic mass is 10.0. The average Bonchev–Trinajstić information content (AvgIpc) is 1.84. The third kappa shape index (κ3) is 5.13. The summed E-state index contributed by atoms with van der Waals surface area (Å²) in [5, 5.41) is 9.39. The Hall–Kier alpha value is -0.570. The number of rotatable bonds is 4. The summed E-state index contributed by atoms with van der Waals surface area (Å²) in [6.07, 6.45) is 0.449. The minimum atomic E-state index is -0.486. The summed E-state index contributed by atoms with van der Waals surface area (Å²) < 4.78 is 0. The van der Waals surface area contributed by atoms with Gasteiger partial charge in [-0.1, -0.05) is 13.8 Å². The fourth-order valence-corrected chi connectivity index (χ4v) is 1.01. The molecule has 0 aliphatic rings. The van der Waals surface area contributed by atoms with Crippen molar-refractivity contribution in [1.29, 1.82) is 0 Å². The molecule has 0 saturated carbocycles. The van der Waals surface area contributed by atoms with E-state index in [4.69, 9.17) is 0 Å². The fourth-order valence-electron chi connectivity index (χ4n) is 1.01. The van der Waals surface area contributed by atoms with Crippen LogP contribution in [-0.4, -0.2) is 36.1 Å². The number of hydrogen-bond acceptors (Lipinski definition) is 2. The highest BCUT2D eigenvalue weighted by atomic mass is 16.3. The van der Waals surface area contributed by atoms with Crippen LogP contribution in [0.1, 0.15) is 26.7 Å². The van der Waals surface area contributed by atoms with E-state index in [1.165, 1.54) is 4.90 Å². The zero-order valence-corrected chi connectivity index (χ0v) is 8.37. The summed E-state index contributed by atoms with van der Waals surface area (Å²) in [4.78, 5) is 12.6. The van der Waals surface area contributed by atoms with Gasteiger partial charge in [-0.05, 0) is 12.3 Å². The van der Waals surface area contributed by atoms with Gasteiger partial charge in [0.25, 0.3) is 0 Å². The fraction of sp³-hybridized carbons (Fsp3) is 0.889. The van der Waals surface area contributed by atoms with E-state index in [1.807, 2.05) is 13.8 Å². The van der Waals surface area contributed by atoms with Crippen molar-refractivity contribution in [3.63, 3.8) is 0 Å². The maximum absolute atomic E-state index is 11.1. The number of hydrogen-bond donors (Lipinski definition) is 1. The van der Waals surface area contributed by atoms with Crippen LogP contribution in [0.5, 0.6) is 0 Å². The number of amides is 1. The Labute approximate surface area is 74.4 Å². The van der Waals surface area contributed by atoms with E-state index in [0.29, 0.717) is 12.3 Å². The number of carbonyl (C=O) groups excluding carboxylic acids is 1. The van der Waals surface area contributed by atoms with Crippen molar-refractivity contribution in [2.75, 3.05) is 14.1 Å². The van der Waals surface area contributed by atoms with Crippen molar-refractivity contribution in [1.82, 2.24) is 4.90 Å². The lowest BCUT2D eigenvalue weighted by molar-refractivity contribution is -0.130. The lowest BCUT2D eigenvalue weighted by Crippen LogP contribution is -2.26. The van der Waals surface area contributed by atoms with E-state index in [1.54, 1.807) is 14.1 Å². The van der Waals surface area contributed by atoms with Crippen molar-refractivity contribution in [3.05, 3.63) is 0 Å². The van der Waals surface area contributed by atoms with Crippen LogP contribution in [0, 0.1) is 5.92 Å². The van der Waals surface area contributed by atoms with Crippen molar-refractivity contribution in [2.45, 2.75) is 32.8 Å². The van der Waals surface area contributed by atoms with E-state index in [2.05, 4.69) is 0 Å². The predicted octanol–water partition coefficient (Wildman–Crippen LogP) is 0.872. The third-order valence-corrected chi connectivity index (χ3v) is 1.65. The summed E-state index contributed by atoms with van der Waals surface area (Å²) in [6, 6.07) is 0. The Morgan fingerprint density at radius 1 is 1.42 bits per heavy atom. The highest BCUT2D eigenvalue weighted by molar-refractivity contribution is 5.75. The molecule has 0 aromatic carbocycles. The molecule has 0 saturated heterocycles. The maximum Gasteiger partial charge on any atom is 0.224 e. The standard InChI is InChI=1S/C9H19NO2/c1-7(2)5-8(11)6-9(12)10(3)4/h7-8,11H,5-6H2,1-4H3/t8-/m0/s1. The quantitative estimate of drug-likeness (QED) is 0.685. The molecule has 0 bridgehead atoms. The Bertz CT molecular complexity index is 143. The molecule has 0 aliphatic carbocycles. The molecule has 12 heavy (non-hydrogen) atoms. The van der Waals surface area contributed by atoms with Gasteiger partial charge in [-0.2, -0.15) is 0 Å². The summed E-state index contributed by atoms with van der Waals surface area (Å²) in [5.74, 6) is 0.429. The first kappa shape index (κ1) is 11.4. The molecule has 3 heteroatoms. The van der Waals surface area contributed by atoms with Crippen LogP contribution in [-0.2, 0) is 4.79 Å². The second-order valence-electron chi connectivity index (χ2n) is 3.78. The average molecular weight is 173 g/mol. The molecule has 1 amide bonds. The van der Waals surface area contributed by atoms with Gasteiger partial charge in [0.2, 0.25) is 5.91 Å². The van der Waals surface area contributed by atoms with Gasteiger partial charge in [0, 0.05) is 14.1 Å². The molecule has 0 unspecified atom stereocenters. The SMILES string of the molecule is CC(C)C[C@H](O)CC(=O)N(C)C. The molecule has 3 nitrogen and oxygen atoms in total. The predicted molar refractivity (Wildman–Crippen MR) is 48.8 cm³/mol. The molecule has 0 aliphatic heterocycles. The molecule has 0 heterocycles. The van der Waals surface area contributed by atoms with Gasteiger partial charge < -0.3 is 10.0 Å². The van der Waals surface area contributed by atoms with Gasteiger partial charge in [0.05, 0.1) is 12.5 Å². The van der Waals surface area contributed by atoms with Gasteiger partial charge in [-0.3, -0.25) is 4.79 Å². The van der Waals surface area contributed by atoms with E-state index in [0.717, 1.165) is 0 Å². The van der Waals surface area contributed by atoms with Crippen LogP contribution in [0.4, 0.5) is 0 Å². The van der Waals surface area contributed by atoms with Crippen LogP contribution in [0.3, 0.4) is 0 Å². The topological polar surface area (TPSA) is 40.5 Å². The number of aliphatic hydroxyl groups is 1. The van der Waals surface area contributed by atoms with E-state index in [9.17, 15) is 9.90 Å². The molecule has 0 aromatic heterocycles. The minimum Gasteiger partial charge on any atom is -0.393 e. The Morgan fingerprint density at radius 3 is 2.25 bits per heavy atom. The summed E-state index contributed by atoms with van der Waals surface area (Å²) in [5.41, 5.74) is 0. The zero-order valence-electron chi connectivity index (χ0n) is 8.37. The van der Waals surface area contributed by atoms with E-state index < -0.39 is 6.10 Å². The first-order valence-corrected chi connectivity index (χ1v) is 4.31. The molecule has 0 fully saturated rings. The van der Waals surface area contributed by atoms with Gasteiger partial charge in [0.15, 0.2) is 0 Å². The smallest absolute Gasteiger partial charge is 0.224 e. The summed E-state index contributed by atoms with van der Waals surface area (Å²) in [6.45, 7) is 4.06. The first-order valence-electron chi connectivity index (χ1n) is 4.31. The Morgan fingerprint density at radius 2 is 1.92 bits per heavy atom. The third-order valence-electron chi connectivity index (χ3n) is 1.65. The molecular weight excluding hydrogens is 154 g/mol. The monoisotopic (exact) mass is 173 g/mol. The summed E-state index contributed by atoms with van der Waals surface area (Å²) in [7, 11) is 3.40. The molecule has 0 rings (SSSR count). The van der Waals surface area contributed by atoms with Gasteiger partial charge in [0.1, 0.15) is 0 Å². The largest absolute Gasteiger partial charge is 0.393 e. The second-order valence-corrected chi connectivity index (χ2v) is 3.78. The molecule has 1 atom stereocenters. The zero-order chi connectivity index (χ0) is 9.72. The number of nitrogens with zero attached hydrogens (tertiary/aromatic N) is 1. The van der Waals surface area contributed by atoms with Crippen LogP contribution in [0.25, 0.3) is 0 Å². The number of aliphatic hydroxyl groups excluding tert-OH is 1. The lowest BCUT2D eigenvalue weighted by Gasteiger charge is -2.15. The van der Waals surface area contributed by atoms with Crippen molar-refractivity contribution in [3.8, 4) is 0 Å². The molecule has 0 radical (unpaired) electrons. The van der Waals surface area contributed by atoms with Gasteiger partial charge in [-0.15, -0.1) is 0 Å². The first-order chi connectivity index (χ1) is 5.43. The highest BCUT2D eigenvalue weighted by Crippen LogP contribution is 2.08. The molecular formula is C9H19NO2. The van der Waals surface area contributed by atoms with Crippen molar-refractivity contribution in [2.24, 2.45) is 5.92 Å². The Kier molecular flexibility index (Phi) is 4.90. The second kappa shape index (κ2) is 5.14. The van der Waals surface area contributed by atoms with Crippen LogP contribution >= 0.6 is 0 Å².